The molecule has 0 aliphatic heterocycles. The molecule has 98 valence electrons. The fourth-order valence-corrected chi connectivity index (χ4v) is 2.47. The molecule has 0 aromatic heterocycles. The number of nitrogens with two attached hydrogens (primary N) is 1. The van der Waals surface area contributed by atoms with Crippen LogP contribution in [0.5, 0.6) is 5.75 Å². The van der Waals surface area contributed by atoms with Crippen molar-refractivity contribution in [1.29, 1.82) is 0 Å². The molecule has 0 aliphatic rings. The van der Waals surface area contributed by atoms with E-state index in [-0.39, 0.29) is 5.75 Å². The van der Waals surface area contributed by atoms with Crippen LogP contribution in [0.2, 0.25) is 0 Å². The Kier molecular flexibility index (Phi) is 2.88. The number of phenols is 1. The van der Waals surface area contributed by atoms with Crippen molar-refractivity contribution in [2.75, 3.05) is 0 Å². The third kappa shape index (κ3) is 1.89. The number of amides is 1. The molecular weight excluding hydrogens is 250 g/mol. The normalized spacial score (nSPS) is 10.6. The number of hydrogen-bond donors (Lipinski definition) is 2. The van der Waals surface area contributed by atoms with E-state index in [1.165, 1.54) is 6.07 Å². The monoisotopic (exact) mass is 263 g/mol. The summed E-state index contributed by atoms with van der Waals surface area (Å²) in [7, 11) is 0. The van der Waals surface area contributed by atoms with Crippen molar-refractivity contribution in [1.82, 2.24) is 0 Å². The van der Waals surface area contributed by atoms with Crippen LogP contribution in [0.25, 0.3) is 21.9 Å². The molecule has 3 N–H and O–H groups in total. The molecule has 1 amide bonds. The molecule has 3 nitrogen and oxygen atoms in total. The number of phenolic OH excluding ortho intramolecular Hbond substituents is 1. The van der Waals surface area contributed by atoms with Gasteiger partial charge in [0.05, 0.1) is 5.56 Å². The molecule has 0 radical (unpaired) electrons. The summed E-state index contributed by atoms with van der Waals surface area (Å²) in [5, 5.41) is 11.6. The maximum atomic E-state index is 11.7. The Morgan fingerprint density at radius 1 is 0.900 bits per heavy atom. The Morgan fingerprint density at radius 3 is 2.15 bits per heavy atom. The fraction of sp³-hybridized carbons (Fsp3) is 0. The van der Waals surface area contributed by atoms with E-state index in [4.69, 9.17) is 5.73 Å². The summed E-state index contributed by atoms with van der Waals surface area (Å²) >= 11 is 0. The zero-order chi connectivity index (χ0) is 14.1. The standard InChI is InChI=1S/C17H13NO2/c18-17(20)14-10-15(19)12-8-4-5-9-13(12)16(14)11-6-2-1-3-7-11/h1-10,19H,(H2,18,20). The summed E-state index contributed by atoms with van der Waals surface area (Å²) in [5.41, 5.74) is 7.44. The Labute approximate surface area is 116 Å². The first kappa shape index (κ1) is 12.2. The van der Waals surface area contributed by atoms with Gasteiger partial charge in [-0.2, -0.15) is 0 Å². The fourth-order valence-electron chi connectivity index (χ4n) is 2.47. The van der Waals surface area contributed by atoms with Crippen LogP contribution < -0.4 is 5.73 Å². The molecule has 3 heteroatoms. The van der Waals surface area contributed by atoms with Crippen molar-refractivity contribution < 1.29 is 9.90 Å². The summed E-state index contributed by atoms with van der Waals surface area (Å²) in [4.78, 5) is 11.7. The van der Waals surface area contributed by atoms with E-state index < -0.39 is 5.91 Å². The minimum absolute atomic E-state index is 0.0640. The zero-order valence-corrected chi connectivity index (χ0v) is 10.7. The summed E-state index contributed by atoms with van der Waals surface area (Å²) < 4.78 is 0. The van der Waals surface area contributed by atoms with Gasteiger partial charge in [-0.15, -0.1) is 0 Å². The van der Waals surface area contributed by atoms with Crippen molar-refractivity contribution in [3.63, 3.8) is 0 Å². The number of aromatic hydroxyl groups is 1. The van der Waals surface area contributed by atoms with Gasteiger partial charge in [-0.1, -0.05) is 54.6 Å². The van der Waals surface area contributed by atoms with E-state index in [0.717, 1.165) is 16.5 Å². The number of rotatable bonds is 2. The van der Waals surface area contributed by atoms with E-state index in [9.17, 15) is 9.90 Å². The summed E-state index contributed by atoms with van der Waals surface area (Å²) in [6.07, 6.45) is 0. The van der Waals surface area contributed by atoms with E-state index in [1.807, 2.05) is 54.6 Å². The number of primary amides is 1. The van der Waals surface area contributed by atoms with Gasteiger partial charge in [-0.3, -0.25) is 4.79 Å². The van der Waals surface area contributed by atoms with Gasteiger partial charge < -0.3 is 10.8 Å². The maximum Gasteiger partial charge on any atom is 0.249 e. The van der Waals surface area contributed by atoms with Crippen molar-refractivity contribution in [3.8, 4) is 16.9 Å². The maximum absolute atomic E-state index is 11.7. The smallest absolute Gasteiger partial charge is 0.249 e. The van der Waals surface area contributed by atoms with Gasteiger partial charge in [-0.25, -0.2) is 0 Å². The highest BCUT2D eigenvalue weighted by atomic mass is 16.3. The number of hydrogen-bond acceptors (Lipinski definition) is 2. The first-order valence-electron chi connectivity index (χ1n) is 6.28. The molecular formula is C17H13NO2. The molecule has 0 spiro atoms. The van der Waals surface area contributed by atoms with Gasteiger partial charge in [0.15, 0.2) is 0 Å². The Morgan fingerprint density at radius 2 is 1.50 bits per heavy atom. The average Bonchev–Trinajstić information content (AvgIpc) is 2.48. The predicted octanol–water partition coefficient (Wildman–Crippen LogP) is 3.31. The molecule has 20 heavy (non-hydrogen) atoms. The summed E-state index contributed by atoms with van der Waals surface area (Å²) in [6, 6.07) is 18.4. The van der Waals surface area contributed by atoms with Gasteiger partial charge in [0.25, 0.3) is 0 Å². The molecule has 0 heterocycles. The quantitative estimate of drug-likeness (QED) is 0.745. The van der Waals surface area contributed by atoms with Crippen molar-refractivity contribution >= 4 is 16.7 Å². The van der Waals surface area contributed by atoms with Crippen LogP contribution in [0, 0.1) is 0 Å². The number of fused-ring (bicyclic) bond motifs is 1. The highest BCUT2D eigenvalue weighted by molar-refractivity contribution is 6.11. The molecule has 0 bridgehead atoms. The highest BCUT2D eigenvalue weighted by Gasteiger charge is 2.16. The summed E-state index contributed by atoms with van der Waals surface area (Å²) in [6.45, 7) is 0. The highest BCUT2D eigenvalue weighted by Crippen LogP contribution is 2.36. The van der Waals surface area contributed by atoms with E-state index in [0.29, 0.717) is 10.9 Å². The molecule has 0 atom stereocenters. The molecule has 0 saturated carbocycles. The first-order valence-corrected chi connectivity index (χ1v) is 6.28. The number of carbonyl (C=O) groups excluding carboxylic acids is 1. The minimum atomic E-state index is -0.551. The predicted molar refractivity (Wildman–Crippen MR) is 79.6 cm³/mol. The van der Waals surface area contributed by atoms with Crippen LogP contribution in [0.3, 0.4) is 0 Å². The van der Waals surface area contributed by atoms with Crippen LogP contribution in [0.15, 0.2) is 60.7 Å². The second-order valence-corrected chi connectivity index (χ2v) is 4.59. The van der Waals surface area contributed by atoms with Gasteiger partial charge in [0, 0.05) is 10.9 Å². The molecule has 0 unspecified atom stereocenters. The van der Waals surface area contributed by atoms with E-state index in [1.54, 1.807) is 0 Å². The molecule has 0 aliphatic carbocycles. The van der Waals surface area contributed by atoms with Gasteiger partial charge >= 0.3 is 0 Å². The average molecular weight is 263 g/mol. The van der Waals surface area contributed by atoms with Crippen molar-refractivity contribution in [2.45, 2.75) is 0 Å². The largest absolute Gasteiger partial charge is 0.507 e. The second-order valence-electron chi connectivity index (χ2n) is 4.59. The second kappa shape index (κ2) is 4.70. The van der Waals surface area contributed by atoms with Crippen LogP contribution in [-0.2, 0) is 0 Å². The molecule has 0 saturated heterocycles. The lowest BCUT2D eigenvalue weighted by atomic mass is 9.92. The molecule has 3 aromatic carbocycles. The lowest BCUT2D eigenvalue weighted by Crippen LogP contribution is -2.12. The van der Waals surface area contributed by atoms with Crippen molar-refractivity contribution in [2.24, 2.45) is 5.73 Å². The lowest BCUT2D eigenvalue weighted by Gasteiger charge is -2.12. The topological polar surface area (TPSA) is 63.3 Å². The SMILES string of the molecule is NC(=O)c1cc(O)c2ccccc2c1-c1ccccc1. The number of carbonyl (C=O) groups is 1. The lowest BCUT2D eigenvalue weighted by molar-refractivity contribution is 0.100. The van der Waals surface area contributed by atoms with Crippen LogP contribution >= 0.6 is 0 Å². The number of benzene rings is 3. The van der Waals surface area contributed by atoms with Crippen LogP contribution in [-0.4, -0.2) is 11.0 Å². The van der Waals surface area contributed by atoms with E-state index in [2.05, 4.69) is 0 Å². The minimum Gasteiger partial charge on any atom is -0.507 e. The Balaban J connectivity index is 2.47. The zero-order valence-electron chi connectivity index (χ0n) is 10.7. The van der Waals surface area contributed by atoms with Crippen LogP contribution in [0.1, 0.15) is 10.4 Å². The Bertz CT molecular complexity index is 795. The van der Waals surface area contributed by atoms with Crippen LogP contribution in [0.4, 0.5) is 0 Å². The third-order valence-corrected chi connectivity index (χ3v) is 3.35. The summed E-state index contributed by atoms with van der Waals surface area (Å²) in [5.74, 6) is -0.487. The molecule has 0 fully saturated rings. The first-order chi connectivity index (χ1) is 9.68. The van der Waals surface area contributed by atoms with E-state index >= 15 is 0 Å². The van der Waals surface area contributed by atoms with Gasteiger partial charge in [0.2, 0.25) is 5.91 Å². The molecule has 3 aromatic rings. The third-order valence-electron chi connectivity index (χ3n) is 3.35. The Hall–Kier alpha value is -2.81. The molecule has 3 rings (SSSR count). The van der Waals surface area contributed by atoms with Gasteiger partial charge in [-0.05, 0) is 17.0 Å². The van der Waals surface area contributed by atoms with Crippen molar-refractivity contribution in [3.05, 3.63) is 66.2 Å². The van der Waals surface area contributed by atoms with Gasteiger partial charge in [0.1, 0.15) is 5.75 Å².